The Morgan fingerprint density at radius 3 is 2.20 bits per heavy atom. The van der Waals surface area contributed by atoms with Gasteiger partial charge in [-0.15, -0.1) is 0 Å². The number of hydrogen-bond donors (Lipinski definition) is 7. The molecule has 3 aromatic rings. The summed E-state index contributed by atoms with van der Waals surface area (Å²) in [5.74, 6) is 1.05. The molecule has 10 atom stereocenters. The lowest BCUT2D eigenvalue weighted by Crippen LogP contribution is -2.62. The van der Waals surface area contributed by atoms with Gasteiger partial charge in [-0.2, -0.15) is 0 Å². The highest BCUT2D eigenvalue weighted by Gasteiger charge is 2.48. The molecule has 45 heavy (non-hydrogen) atoms. The molecule has 0 amide bonds. The van der Waals surface area contributed by atoms with Gasteiger partial charge in [0, 0.05) is 6.07 Å². The fourth-order valence-electron chi connectivity index (χ4n) is 5.40. The quantitative estimate of drug-likeness (QED) is 0.144. The van der Waals surface area contributed by atoms with Gasteiger partial charge in [0.2, 0.25) is 24.3 Å². The highest BCUT2D eigenvalue weighted by molar-refractivity contribution is 5.91. The normalized spacial score (nSPS) is 32.9. The molecule has 2 aromatic carbocycles. The van der Waals surface area contributed by atoms with Crippen molar-refractivity contribution in [2.75, 3.05) is 27.1 Å². The highest BCUT2D eigenvalue weighted by Crippen LogP contribution is 2.45. The first-order valence-corrected chi connectivity index (χ1v) is 13.9. The van der Waals surface area contributed by atoms with Crippen molar-refractivity contribution in [1.82, 2.24) is 0 Å². The minimum absolute atomic E-state index is 0.0219. The second kappa shape index (κ2) is 12.7. The lowest BCUT2D eigenvalue weighted by atomic mass is 9.98. The van der Waals surface area contributed by atoms with Crippen molar-refractivity contribution < 1.29 is 73.3 Å². The molecule has 16 heteroatoms. The fraction of sp³-hybridized carbons (Fsp3) is 0.483. The third kappa shape index (κ3) is 5.70. The van der Waals surface area contributed by atoms with Gasteiger partial charge in [0.25, 0.3) is 0 Å². The number of fused-ring (bicyclic) bond motifs is 2. The number of hydrogen-bond acceptors (Lipinski definition) is 16. The van der Waals surface area contributed by atoms with Crippen LogP contribution in [0.15, 0.2) is 45.8 Å². The fourth-order valence-corrected chi connectivity index (χ4v) is 5.40. The average Bonchev–Trinajstić information content (AvgIpc) is 3.52. The Bertz CT molecular complexity index is 1560. The molecule has 6 rings (SSSR count). The molecule has 0 radical (unpaired) electrons. The van der Waals surface area contributed by atoms with E-state index in [1.165, 1.54) is 25.5 Å². The zero-order valence-corrected chi connectivity index (χ0v) is 23.7. The van der Waals surface area contributed by atoms with Crippen molar-refractivity contribution in [2.24, 2.45) is 0 Å². The van der Waals surface area contributed by atoms with Crippen LogP contribution in [0.3, 0.4) is 0 Å². The molecule has 0 bridgehead atoms. The number of aliphatic hydroxyl groups is 7. The summed E-state index contributed by atoms with van der Waals surface area (Å²) in [5.41, 5.74) is 0.540. The van der Waals surface area contributed by atoms with Crippen molar-refractivity contribution >= 4 is 11.0 Å². The van der Waals surface area contributed by atoms with Crippen molar-refractivity contribution in [2.45, 2.75) is 61.4 Å². The largest absolute Gasteiger partial charge is 0.492 e. The molecule has 3 aliphatic rings. The minimum Gasteiger partial charge on any atom is -0.492 e. The van der Waals surface area contributed by atoms with Crippen molar-refractivity contribution in [3.8, 4) is 34.1 Å². The van der Waals surface area contributed by atoms with E-state index >= 15 is 0 Å². The van der Waals surface area contributed by atoms with Gasteiger partial charge in [0.05, 0.1) is 25.9 Å². The van der Waals surface area contributed by atoms with E-state index < -0.39 is 74.6 Å². The van der Waals surface area contributed by atoms with E-state index in [9.17, 15) is 40.5 Å². The van der Waals surface area contributed by atoms with E-state index in [0.29, 0.717) is 17.1 Å². The number of methoxy groups -OCH3 is 1. The standard InChI is InChI=1S/C29H32O16/c1-38-27-18-14(6-15-26(27)42-10-41-15)39-8-13(19(18)31)11-2-4-12(5-3-11)43-29-25(37)23(35)21(33)17(45-29)9-40-28-24(36)22(34)20(32)16(7-30)44-28/h2-6,8,16-17,20-25,28-30,32-37H,7,9-10H2,1H3/t16-,17-,20+,21+,22+,23+,24+,25-,28+,29-/m0/s1. The van der Waals surface area contributed by atoms with Crippen molar-refractivity contribution in [3.63, 3.8) is 0 Å². The van der Waals surface area contributed by atoms with Gasteiger partial charge in [-0.05, 0) is 17.7 Å². The molecule has 0 saturated carbocycles. The molecule has 3 aliphatic heterocycles. The Morgan fingerprint density at radius 1 is 0.844 bits per heavy atom. The van der Waals surface area contributed by atoms with Crippen LogP contribution >= 0.6 is 0 Å². The van der Waals surface area contributed by atoms with E-state index in [1.54, 1.807) is 18.2 Å². The molecular formula is C29H32O16. The molecular weight excluding hydrogens is 604 g/mol. The topological polar surface area (TPSA) is 236 Å². The van der Waals surface area contributed by atoms with Gasteiger partial charge in [-0.3, -0.25) is 4.79 Å². The molecule has 2 saturated heterocycles. The monoisotopic (exact) mass is 636 g/mol. The van der Waals surface area contributed by atoms with E-state index in [0.717, 1.165) is 0 Å². The molecule has 0 aliphatic carbocycles. The van der Waals surface area contributed by atoms with Gasteiger partial charge in [0.15, 0.2) is 17.8 Å². The van der Waals surface area contributed by atoms with Crippen LogP contribution in [-0.4, -0.2) is 124 Å². The van der Waals surface area contributed by atoms with Crippen LogP contribution < -0.4 is 24.4 Å². The van der Waals surface area contributed by atoms with Crippen LogP contribution in [0.25, 0.3) is 22.1 Å². The summed E-state index contributed by atoms with van der Waals surface area (Å²) in [6, 6.07) is 7.65. The van der Waals surface area contributed by atoms with Gasteiger partial charge >= 0.3 is 0 Å². The van der Waals surface area contributed by atoms with E-state index in [4.69, 9.17) is 37.6 Å². The Kier molecular flexibility index (Phi) is 8.86. The first-order valence-electron chi connectivity index (χ1n) is 13.9. The van der Waals surface area contributed by atoms with Gasteiger partial charge < -0.3 is 73.3 Å². The second-order valence-corrected chi connectivity index (χ2v) is 10.7. The van der Waals surface area contributed by atoms with Gasteiger partial charge in [-0.25, -0.2) is 0 Å². The van der Waals surface area contributed by atoms with E-state index in [1.807, 2.05) is 0 Å². The Morgan fingerprint density at radius 2 is 1.51 bits per heavy atom. The Hall–Kier alpha value is -3.55. The summed E-state index contributed by atoms with van der Waals surface area (Å²) in [6.07, 6.45) is -14.2. The first kappa shape index (κ1) is 31.4. The molecule has 0 unspecified atom stereocenters. The molecule has 0 spiro atoms. The predicted molar refractivity (Wildman–Crippen MR) is 148 cm³/mol. The van der Waals surface area contributed by atoms with Crippen LogP contribution in [0.5, 0.6) is 23.0 Å². The van der Waals surface area contributed by atoms with Crippen LogP contribution in [0, 0.1) is 0 Å². The smallest absolute Gasteiger partial charge is 0.231 e. The summed E-state index contributed by atoms with van der Waals surface area (Å²) in [6.45, 7) is -1.20. The Labute approximate surface area is 254 Å². The molecule has 4 heterocycles. The van der Waals surface area contributed by atoms with E-state index in [-0.39, 0.29) is 40.3 Å². The third-order valence-corrected chi connectivity index (χ3v) is 7.92. The molecule has 7 N–H and O–H groups in total. The Balaban J connectivity index is 1.16. The first-order chi connectivity index (χ1) is 21.6. The molecule has 244 valence electrons. The van der Waals surface area contributed by atoms with Crippen molar-refractivity contribution in [3.05, 3.63) is 46.8 Å². The zero-order valence-electron chi connectivity index (χ0n) is 23.7. The lowest BCUT2D eigenvalue weighted by molar-refractivity contribution is -0.323. The van der Waals surface area contributed by atoms with Crippen LogP contribution in [0.2, 0.25) is 0 Å². The third-order valence-electron chi connectivity index (χ3n) is 7.92. The maximum atomic E-state index is 13.5. The summed E-state index contributed by atoms with van der Waals surface area (Å²) >= 11 is 0. The van der Waals surface area contributed by atoms with Crippen LogP contribution in [-0.2, 0) is 14.2 Å². The SMILES string of the molecule is COc1c2c(cc3occ(-c4ccc(O[C@H]5O[C@@H](CO[C@@H]6O[C@@H](CO)[C@@H](O)[C@@H](O)[C@H]6O)[C@@H](O)[C@@H](O)[C@@H]5O)cc4)c(=O)c13)OCO2. The van der Waals surface area contributed by atoms with Gasteiger partial charge in [0.1, 0.15) is 71.8 Å². The highest BCUT2D eigenvalue weighted by atomic mass is 16.7. The van der Waals surface area contributed by atoms with Crippen LogP contribution in [0.1, 0.15) is 0 Å². The molecule has 16 nitrogen and oxygen atoms in total. The predicted octanol–water partition coefficient (Wildman–Crippen LogP) is -1.80. The number of rotatable bonds is 8. The molecule has 2 fully saturated rings. The number of aliphatic hydroxyl groups excluding tert-OH is 7. The second-order valence-electron chi connectivity index (χ2n) is 10.7. The lowest BCUT2D eigenvalue weighted by Gasteiger charge is -2.42. The maximum absolute atomic E-state index is 13.5. The average molecular weight is 637 g/mol. The van der Waals surface area contributed by atoms with Gasteiger partial charge in [-0.1, -0.05) is 12.1 Å². The summed E-state index contributed by atoms with van der Waals surface area (Å²) in [5, 5.41) is 71.1. The van der Waals surface area contributed by atoms with Crippen LogP contribution in [0.4, 0.5) is 0 Å². The minimum atomic E-state index is -1.72. The maximum Gasteiger partial charge on any atom is 0.231 e. The van der Waals surface area contributed by atoms with E-state index in [2.05, 4.69) is 0 Å². The summed E-state index contributed by atoms with van der Waals surface area (Å²) in [4.78, 5) is 13.5. The number of benzene rings is 2. The zero-order chi connectivity index (χ0) is 32.0. The summed E-state index contributed by atoms with van der Waals surface area (Å²) in [7, 11) is 1.40. The summed E-state index contributed by atoms with van der Waals surface area (Å²) < 4.78 is 44.1. The number of ether oxygens (including phenoxy) is 7. The van der Waals surface area contributed by atoms with Crippen molar-refractivity contribution in [1.29, 1.82) is 0 Å². The molecule has 1 aromatic heterocycles.